The van der Waals surface area contributed by atoms with Gasteiger partial charge in [0.2, 0.25) is 5.78 Å². The normalized spacial score (nSPS) is 19.5. The number of hydrogen-bond acceptors (Lipinski definition) is 4. The maximum absolute atomic E-state index is 13.3. The van der Waals surface area contributed by atoms with E-state index in [0.717, 1.165) is 0 Å². The minimum Gasteiger partial charge on any atom is -0.496 e. The van der Waals surface area contributed by atoms with Gasteiger partial charge < -0.3 is 21.1 Å². The van der Waals surface area contributed by atoms with Crippen molar-refractivity contribution in [1.82, 2.24) is 0 Å². The topological polar surface area (TPSA) is 44.8 Å². The maximum atomic E-state index is 13.3. The molecule has 1 aliphatic rings. The van der Waals surface area contributed by atoms with Crippen LogP contribution in [0.5, 0.6) is 17.2 Å². The van der Waals surface area contributed by atoms with Crippen molar-refractivity contribution in [2.75, 3.05) is 14.2 Å². The molecule has 0 saturated heterocycles. The minimum atomic E-state index is -1.30. The van der Waals surface area contributed by atoms with E-state index in [1.165, 1.54) is 14.2 Å². The second-order valence-corrected chi connectivity index (χ2v) is 6.02. The van der Waals surface area contributed by atoms with Crippen LogP contribution in [0.3, 0.4) is 0 Å². The molecular weight excluding hydrogens is 417 g/mol. The Morgan fingerprint density at radius 2 is 1.96 bits per heavy atom. The van der Waals surface area contributed by atoms with Crippen molar-refractivity contribution in [2.45, 2.75) is 12.5 Å². The van der Waals surface area contributed by atoms with Gasteiger partial charge in [-0.05, 0) is 0 Å². The SMILES string of the molecule is [CH2-][C@@H](C)[C@@]1(c2[c-]cccc2)Oc2c(Cl)c(OC)cc(OC)c2C1=O.[Y]. The number of fused-ring (bicyclic) bond motifs is 1. The summed E-state index contributed by atoms with van der Waals surface area (Å²) in [4.78, 5) is 13.3. The van der Waals surface area contributed by atoms with E-state index in [-0.39, 0.29) is 55.2 Å². The largest absolute Gasteiger partial charge is 0.496 e. The van der Waals surface area contributed by atoms with E-state index in [1.807, 2.05) is 19.1 Å². The zero-order valence-electron chi connectivity index (χ0n) is 14.3. The molecule has 2 aromatic rings. The zero-order valence-corrected chi connectivity index (χ0v) is 17.9. The van der Waals surface area contributed by atoms with Crippen LogP contribution >= 0.6 is 11.6 Å². The average Bonchev–Trinajstić information content (AvgIpc) is 2.92. The first kappa shape index (κ1) is 20.2. The van der Waals surface area contributed by atoms with Gasteiger partial charge in [0, 0.05) is 38.8 Å². The Hall–Kier alpha value is -1.10. The molecule has 6 heteroatoms. The van der Waals surface area contributed by atoms with E-state index < -0.39 is 5.60 Å². The van der Waals surface area contributed by atoms with E-state index >= 15 is 0 Å². The van der Waals surface area contributed by atoms with E-state index in [1.54, 1.807) is 18.2 Å². The Morgan fingerprint density at radius 1 is 1.28 bits per heavy atom. The monoisotopic (exact) mass is 433 g/mol. The molecule has 0 bridgehead atoms. The standard InChI is InChI=1S/C19H17ClO4.Y/c1-11(2)19(12-8-6-5-7-9-12)18(21)15-13(22-3)10-14(23-4)16(20)17(15)24-19;/h5-8,10-11H,1H2,2-4H3;/q-2;/t11-,19-;/m0./s1. The van der Waals surface area contributed by atoms with E-state index in [0.29, 0.717) is 22.6 Å². The van der Waals surface area contributed by atoms with Crippen LogP contribution in [0.1, 0.15) is 22.8 Å². The molecule has 0 unspecified atom stereocenters. The molecule has 1 radical (unpaired) electrons. The van der Waals surface area contributed by atoms with Gasteiger partial charge >= 0.3 is 0 Å². The summed E-state index contributed by atoms with van der Waals surface area (Å²) in [7, 11) is 2.98. The third-order valence-corrected chi connectivity index (χ3v) is 4.58. The van der Waals surface area contributed by atoms with Crippen molar-refractivity contribution < 1.29 is 51.7 Å². The molecular formula is C19H17ClO4Y-2. The van der Waals surface area contributed by atoms with Crippen LogP contribution in [0.25, 0.3) is 0 Å². The predicted molar refractivity (Wildman–Crippen MR) is 91.0 cm³/mol. The van der Waals surface area contributed by atoms with E-state index in [9.17, 15) is 4.79 Å². The number of ether oxygens (including phenoxy) is 3. The minimum absolute atomic E-state index is 0. The van der Waals surface area contributed by atoms with Crippen molar-refractivity contribution in [1.29, 1.82) is 0 Å². The summed E-state index contributed by atoms with van der Waals surface area (Å²) in [5.41, 5.74) is -0.394. The van der Waals surface area contributed by atoms with Crippen LogP contribution in [0.15, 0.2) is 30.3 Å². The summed E-state index contributed by atoms with van der Waals surface area (Å²) < 4.78 is 16.8. The third kappa shape index (κ3) is 2.99. The van der Waals surface area contributed by atoms with E-state index in [4.69, 9.17) is 25.8 Å². The molecule has 4 nitrogen and oxygen atoms in total. The number of halogens is 1. The van der Waals surface area contributed by atoms with E-state index in [2.05, 4.69) is 13.0 Å². The zero-order chi connectivity index (χ0) is 17.5. The smallest absolute Gasteiger partial charge is 0.213 e. The number of benzene rings is 2. The first-order chi connectivity index (χ1) is 11.5. The van der Waals surface area contributed by atoms with Gasteiger partial charge in [0.25, 0.3) is 0 Å². The summed E-state index contributed by atoms with van der Waals surface area (Å²) >= 11 is 6.38. The van der Waals surface area contributed by atoms with Crippen molar-refractivity contribution in [3.63, 3.8) is 0 Å². The molecule has 1 aliphatic heterocycles. The second-order valence-electron chi connectivity index (χ2n) is 5.64. The summed E-state index contributed by atoms with van der Waals surface area (Å²) in [6, 6.07) is 11.9. The van der Waals surface area contributed by atoms with Gasteiger partial charge in [-0.3, -0.25) is 4.79 Å². The Morgan fingerprint density at radius 3 is 2.48 bits per heavy atom. The number of ketones is 1. The quantitative estimate of drug-likeness (QED) is 0.681. The van der Waals surface area contributed by atoms with Crippen LogP contribution in [0, 0.1) is 18.9 Å². The Bertz CT molecular complexity index is 792. The van der Waals surface area contributed by atoms with Gasteiger partial charge in [0.05, 0.1) is 14.2 Å². The molecule has 1 heterocycles. The number of rotatable bonds is 4. The first-order valence-electron chi connectivity index (χ1n) is 7.46. The van der Waals surface area contributed by atoms with Crippen molar-refractivity contribution in [3.8, 4) is 17.2 Å². The summed E-state index contributed by atoms with van der Waals surface area (Å²) in [6.07, 6.45) is 0. The van der Waals surface area contributed by atoms with Crippen LogP contribution in [-0.4, -0.2) is 20.0 Å². The van der Waals surface area contributed by atoms with Crippen LogP contribution in [0.2, 0.25) is 5.02 Å². The molecule has 3 rings (SSSR count). The number of hydrogen-bond donors (Lipinski definition) is 0. The maximum Gasteiger partial charge on any atom is 0.213 e. The Labute approximate surface area is 177 Å². The molecule has 0 spiro atoms. The summed E-state index contributed by atoms with van der Waals surface area (Å²) in [6.45, 7) is 5.87. The van der Waals surface area contributed by atoms with Gasteiger partial charge in [-0.2, -0.15) is 30.3 Å². The molecule has 2 aromatic carbocycles. The molecule has 25 heavy (non-hydrogen) atoms. The van der Waals surface area contributed by atoms with Crippen LogP contribution < -0.4 is 14.2 Å². The average molecular weight is 434 g/mol. The molecule has 0 fully saturated rings. The molecule has 0 amide bonds. The van der Waals surface area contributed by atoms with Crippen LogP contribution in [-0.2, 0) is 38.3 Å². The van der Waals surface area contributed by atoms with Gasteiger partial charge in [-0.1, -0.05) is 18.5 Å². The van der Waals surface area contributed by atoms with Gasteiger partial charge in [0.1, 0.15) is 22.1 Å². The molecule has 129 valence electrons. The number of carbonyl (C=O) groups excluding carboxylic acids is 1. The Balaban J connectivity index is 0.00000225. The van der Waals surface area contributed by atoms with Gasteiger partial charge in [-0.25, -0.2) is 0 Å². The first-order valence-corrected chi connectivity index (χ1v) is 7.83. The molecule has 0 N–H and O–H groups in total. The van der Waals surface area contributed by atoms with Crippen LogP contribution in [0.4, 0.5) is 0 Å². The number of Topliss-reactive ketones (excluding diaryl/α,β-unsaturated/α-hetero) is 1. The summed E-state index contributed by atoms with van der Waals surface area (Å²) in [5.74, 6) is 0.358. The fourth-order valence-electron chi connectivity index (χ4n) is 2.99. The van der Waals surface area contributed by atoms with Gasteiger partial charge in [0.15, 0.2) is 11.4 Å². The fraction of sp³-hybridized carbons (Fsp3) is 0.263. The van der Waals surface area contributed by atoms with Gasteiger partial charge in [-0.15, -0.1) is 11.5 Å². The molecule has 0 aliphatic carbocycles. The van der Waals surface area contributed by atoms with Crippen molar-refractivity contribution in [3.05, 3.63) is 59.5 Å². The van der Waals surface area contributed by atoms with Crippen molar-refractivity contribution in [2.24, 2.45) is 5.92 Å². The molecule has 0 aromatic heterocycles. The number of methoxy groups -OCH3 is 2. The second kappa shape index (κ2) is 7.65. The molecule has 0 saturated carbocycles. The molecule has 2 atom stereocenters. The van der Waals surface area contributed by atoms with Crippen molar-refractivity contribution >= 4 is 17.4 Å². The number of carbonyl (C=O) groups is 1. The predicted octanol–water partition coefficient (Wildman–Crippen LogP) is 4.10. The summed E-state index contributed by atoms with van der Waals surface area (Å²) in [5, 5.41) is 0.236. The Kier molecular flexibility index (Phi) is 6.19. The fourth-order valence-corrected chi connectivity index (χ4v) is 3.26. The third-order valence-electron chi connectivity index (χ3n) is 4.22.